The van der Waals surface area contributed by atoms with Crippen LogP contribution in [0.25, 0.3) is 0 Å². The fourth-order valence-electron chi connectivity index (χ4n) is 1.38. The summed E-state index contributed by atoms with van der Waals surface area (Å²) in [5.41, 5.74) is 1.02. The standard InChI is InChI=1S/C12H17F2N/c1-3-4-5-15-8-10-6-9(2)11(13)7-12(10)14/h6-7,15H,3-5,8H2,1-2H3. The van der Waals surface area contributed by atoms with E-state index >= 15 is 0 Å². The van der Waals surface area contributed by atoms with Crippen molar-refractivity contribution in [1.82, 2.24) is 5.32 Å². The van der Waals surface area contributed by atoms with E-state index in [9.17, 15) is 8.78 Å². The van der Waals surface area contributed by atoms with Crippen molar-refractivity contribution < 1.29 is 8.78 Å². The smallest absolute Gasteiger partial charge is 0.130 e. The van der Waals surface area contributed by atoms with Crippen LogP contribution in [0.3, 0.4) is 0 Å². The van der Waals surface area contributed by atoms with Crippen molar-refractivity contribution in [2.75, 3.05) is 6.54 Å². The summed E-state index contributed by atoms with van der Waals surface area (Å²) in [5, 5.41) is 3.13. The van der Waals surface area contributed by atoms with E-state index in [4.69, 9.17) is 0 Å². The molecule has 3 heteroatoms. The average molecular weight is 213 g/mol. The van der Waals surface area contributed by atoms with Crippen molar-refractivity contribution in [3.8, 4) is 0 Å². The Bertz CT molecular complexity index is 324. The fraction of sp³-hybridized carbons (Fsp3) is 0.500. The summed E-state index contributed by atoms with van der Waals surface area (Å²) < 4.78 is 26.2. The molecule has 84 valence electrons. The molecular weight excluding hydrogens is 196 g/mol. The molecule has 1 aromatic rings. The molecule has 0 heterocycles. The van der Waals surface area contributed by atoms with Gasteiger partial charge in [0.05, 0.1) is 0 Å². The predicted octanol–water partition coefficient (Wildman–Crippen LogP) is 3.16. The van der Waals surface area contributed by atoms with Gasteiger partial charge in [0.1, 0.15) is 11.6 Å². The number of hydrogen-bond donors (Lipinski definition) is 1. The molecule has 0 amide bonds. The summed E-state index contributed by atoms with van der Waals surface area (Å²) in [6.07, 6.45) is 2.18. The first kappa shape index (κ1) is 12.1. The van der Waals surface area contributed by atoms with Gasteiger partial charge >= 0.3 is 0 Å². The number of halogens is 2. The number of nitrogens with one attached hydrogen (secondary N) is 1. The Morgan fingerprint density at radius 2 is 1.93 bits per heavy atom. The van der Waals surface area contributed by atoms with Gasteiger partial charge in [-0.15, -0.1) is 0 Å². The lowest BCUT2D eigenvalue weighted by Gasteiger charge is -2.07. The topological polar surface area (TPSA) is 12.0 Å². The number of rotatable bonds is 5. The molecule has 1 nitrogen and oxygen atoms in total. The Hall–Kier alpha value is -0.960. The third kappa shape index (κ3) is 3.59. The quantitative estimate of drug-likeness (QED) is 0.741. The van der Waals surface area contributed by atoms with Crippen molar-refractivity contribution in [2.45, 2.75) is 33.2 Å². The first-order chi connectivity index (χ1) is 7.15. The summed E-state index contributed by atoms with van der Waals surface area (Å²) in [4.78, 5) is 0. The van der Waals surface area contributed by atoms with Gasteiger partial charge in [0.2, 0.25) is 0 Å². The van der Waals surface area contributed by atoms with E-state index in [1.165, 1.54) is 0 Å². The zero-order chi connectivity index (χ0) is 11.3. The lowest BCUT2D eigenvalue weighted by molar-refractivity contribution is 0.552. The van der Waals surface area contributed by atoms with E-state index in [2.05, 4.69) is 12.2 Å². The molecule has 0 spiro atoms. The van der Waals surface area contributed by atoms with Gasteiger partial charge in [0, 0.05) is 18.2 Å². The highest BCUT2D eigenvalue weighted by Crippen LogP contribution is 2.13. The minimum atomic E-state index is -0.482. The van der Waals surface area contributed by atoms with Gasteiger partial charge in [-0.25, -0.2) is 8.78 Å². The number of unbranched alkanes of at least 4 members (excludes halogenated alkanes) is 1. The van der Waals surface area contributed by atoms with E-state index in [1.54, 1.807) is 13.0 Å². The predicted molar refractivity (Wildman–Crippen MR) is 57.7 cm³/mol. The average Bonchev–Trinajstić information content (AvgIpc) is 2.20. The molecule has 0 saturated heterocycles. The number of hydrogen-bond acceptors (Lipinski definition) is 1. The van der Waals surface area contributed by atoms with Gasteiger partial charge in [-0.05, 0) is 31.5 Å². The normalized spacial score (nSPS) is 10.7. The molecule has 1 N–H and O–H groups in total. The van der Waals surface area contributed by atoms with Gasteiger partial charge in [-0.2, -0.15) is 0 Å². The molecule has 0 atom stereocenters. The van der Waals surface area contributed by atoms with Crippen LogP contribution in [0.1, 0.15) is 30.9 Å². The molecule has 0 aliphatic rings. The second-order valence-electron chi connectivity index (χ2n) is 3.72. The highest BCUT2D eigenvalue weighted by molar-refractivity contribution is 5.25. The minimum Gasteiger partial charge on any atom is -0.313 e. The van der Waals surface area contributed by atoms with E-state index in [0.717, 1.165) is 25.5 Å². The Kier molecular flexibility index (Phi) is 4.69. The number of aryl methyl sites for hydroxylation is 1. The van der Waals surface area contributed by atoms with Crippen LogP contribution in [0.4, 0.5) is 8.78 Å². The van der Waals surface area contributed by atoms with E-state index in [1.807, 2.05) is 0 Å². The third-order valence-corrected chi connectivity index (χ3v) is 2.35. The van der Waals surface area contributed by atoms with Crippen molar-refractivity contribution in [3.05, 3.63) is 34.9 Å². The molecule has 0 saturated carbocycles. The van der Waals surface area contributed by atoms with Crippen molar-refractivity contribution >= 4 is 0 Å². The monoisotopic (exact) mass is 213 g/mol. The summed E-state index contributed by atoms with van der Waals surface area (Å²) in [7, 11) is 0. The molecule has 0 aliphatic carbocycles. The SMILES string of the molecule is CCCCNCc1cc(C)c(F)cc1F. The maximum atomic E-state index is 13.3. The minimum absolute atomic E-state index is 0.465. The van der Waals surface area contributed by atoms with E-state index < -0.39 is 11.6 Å². The summed E-state index contributed by atoms with van der Waals surface area (Å²) in [5.74, 6) is -0.952. The first-order valence-electron chi connectivity index (χ1n) is 5.30. The Morgan fingerprint density at radius 1 is 1.20 bits per heavy atom. The van der Waals surface area contributed by atoms with Crippen molar-refractivity contribution in [1.29, 1.82) is 0 Å². The molecule has 0 aliphatic heterocycles. The molecule has 1 rings (SSSR count). The summed E-state index contributed by atoms with van der Waals surface area (Å²) in [6, 6.07) is 2.51. The largest absolute Gasteiger partial charge is 0.313 e. The Labute approximate surface area is 89.5 Å². The van der Waals surface area contributed by atoms with Gasteiger partial charge in [-0.1, -0.05) is 13.3 Å². The number of benzene rings is 1. The summed E-state index contributed by atoms with van der Waals surface area (Å²) in [6.45, 7) is 5.08. The van der Waals surface area contributed by atoms with Gasteiger partial charge in [0.15, 0.2) is 0 Å². The van der Waals surface area contributed by atoms with Crippen LogP contribution >= 0.6 is 0 Å². The van der Waals surface area contributed by atoms with E-state index in [-0.39, 0.29) is 0 Å². The molecule has 1 aromatic carbocycles. The molecule has 0 fully saturated rings. The summed E-state index contributed by atoms with van der Waals surface area (Å²) >= 11 is 0. The van der Waals surface area contributed by atoms with Gasteiger partial charge in [-0.3, -0.25) is 0 Å². The highest BCUT2D eigenvalue weighted by Gasteiger charge is 2.06. The van der Waals surface area contributed by atoms with Crippen LogP contribution in [0.15, 0.2) is 12.1 Å². The molecule has 15 heavy (non-hydrogen) atoms. The van der Waals surface area contributed by atoms with Crippen LogP contribution in [0, 0.1) is 18.6 Å². The zero-order valence-electron chi connectivity index (χ0n) is 9.24. The van der Waals surface area contributed by atoms with Crippen LogP contribution in [0.5, 0.6) is 0 Å². The highest BCUT2D eigenvalue weighted by atomic mass is 19.1. The van der Waals surface area contributed by atoms with Crippen LogP contribution < -0.4 is 5.32 Å². The maximum Gasteiger partial charge on any atom is 0.130 e. The van der Waals surface area contributed by atoms with Crippen molar-refractivity contribution in [2.24, 2.45) is 0 Å². The molecule has 0 aromatic heterocycles. The lowest BCUT2D eigenvalue weighted by atomic mass is 10.1. The second-order valence-corrected chi connectivity index (χ2v) is 3.72. The van der Waals surface area contributed by atoms with E-state index in [0.29, 0.717) is 17.7 Å². The third-order valence-electron chi connectivity index (χ3n) is 2.35. The lowest BCUT2D eigenvalue weighted by Crippen LogP contribution is -2.15. The molecular formula is C12H17F2N. The van der Waals surface area contributed by atoms with Crippen LogP contribution in [-0.2, 0) is 6.54 Å². The van der Waals surface area contributed by atoms with Crippen LogP contribution in [0.2, 0.25) is 0 Å². The maximum absolute atomic E-state index is 13.3. The second kappa shape index (κ2) is 5.81. The Balaban J connectivity index is 2.57. The fourth-order valence-corrected chi connectivity index (χ4v) is 1.38. The molecule has 0 bridgehead atoms. The van der Waals surface area contributed by atoms with Crippen molar-refractivity contribution in [3.63, 3.8) is 0 Å². The van der Waals surface area contributed by atoms with Gasteiger partial charge < -0.3 is 5.32 Å². The molecule has 0 radical (unpaired) electrons. The molecule has 0 unspecified atom stereocenters. The van der Waals surface area contributed by atoms with Crippen LogP contribution in [-0.4, -0.2) is 6.54 Å². The van der Waals surface area contributed by atoms with Gasteiger partial charge in [0.25, 0.3) is 0 Å². The first-order valence-corrected chi connectivity index (χ1v) is 5.30. The zero-order valence-corrected chi connectivity index (χ0v) is 9.24. The Morgan fingerprint density at radius 3 is 2.60 bits per heavy atom.